The third-order valence-corrected chi connectivity index (χ3v) is 15.2. The van der Waals surface area contributed by atoms with Gasteiger partial charge in [0.05, 0.1) is 91.6 Å². The minimum atomic E-state index is -1.83. The van der Waals surface area contributed by atoms with Crippen molar-refractivity contribution in [2.75, 3.05) is 79.5 Å². The number of hydrogen-bond acceptors (Lipinski definition) is 9. The maximum Gasteiger partial charge on any atom is 0.503 e. The van der Waals surface area contributed by atoms with Crippen LogP contribution in [0.15, 0.2) is 34.3 Å². The third kappa shape index (κ3) is 17.1. The average Bonchev–Trinajstić information content (AvgIpc) is 3.30. The molecule has 1 saturated carbocycles. The number of aliphatic imine (C=N–C) groups is 2. The number of guanidine groups is 2. The van der Waals surface area contributed by atoms with Gasteiger partial charge in [0.15, 0.2) is 0 Å². The van der Waals surface area contributed by atoms with Crippen LogP contribution in [0.4, 0.5) is 4.79 Å². The van der Waals surface area contributed by atoms with Crippen molar-refractivity contribution in [2.24, 2.45) is 9.98 Å². The maximum atomic E-state index is 11.6. The molecular formula is C58H95CoN8O5+. The van der Waals surface area contributed by atoms with Gasteiger partial charge < -0.3 is 27.9 Å². The van der Waals surface area contributed by atoms with Crippen LogP contribution in [0.1, 0.15) is 178 Å². The number of nitrogens with zero attached hydrogens (tertiary/aromatic N) is 8. The zero-order chi connectivity index (χ0) is 50.4. The van der Waals surface area contributed by atoms with Crippen LogP contribution < -0.4 is 0 Å². The summed E-state index contributed by atoms with van der Waals surface area (Å²) in [6.45, 7) is 25.0. The molecule has 1 aliphatic carbocycles. The van der Waals surface area contributed by atoms with Crippen LogP contribution >= 0.6 is 0 Å². The van der Waals surface area contributed by atoms with E-state index in [0.29, 0.717) is 11.5 Å². The fourth-order valence-electron chi connectivity index (χ4n) is 11.5. The second-order valence-electron chi connectivity index (χ2n) is 23.1. The molecule has 4 N–H and O–H groups in total. The van der Waals surface area contributed by atoms with E-state index in [1.807, 2.05) is 12.4 Å². The smallest absolute Gasteiger partial charge is 0.503 e. The fraction of sp³-hybridized carbons (Fsp3) is 0.690. The van der Waals surface area contributed by atoms with E-state index in [9.17, 15) is 10.2 Å². The quantitative estimate of drug-likeness (QED) is 0.0497. The topological polar surface area (TPSA) is 142 Å². The summed E-state index contributed by atoms with van der Waals surface area (Å²) in [5.74, 6) is 3.63. The van der Waals surface area contributed by atoms with Crippen LogP contribution in [0.2, 0.25) is 0 Å². The average molecular weight is 1040 g/mol. The molecule has 4 aliphatic heterocycles. The Hall–Kier alpha value is -4.30. The van der Waals surface area contributed by atoms with Gasteiger partial charge in [-0.05, 0) is 85.5 Å². The Morgan fingerprint density at radius 3 is 1.32 bits per heavy atom. The van der Waals surface area contributed by atoms with Gasteiger partial charge in [-0.1, -0.05) is 92.2 Å². The molecule has 2 atom stereocenters. The van der Waals surface area contributed by atoms with Crippen molar-refractivity contribution < 1.29 is 51.2 Å². The number of aryl methyl sites for hydroxylation is 2. The normalized spacial score (nSPS) is 19.7. The SMILES string of the molecule is C[N+]1=C2N(CCCCCCc3cc(C=NC4CCCCC4N=Cc4cc(CCCCCCN5CCCN6CCC[N+](C)=C56)cc(C(C)(C)C)c4O)c(O)c(C(C)(C)C)c3)CCCN2CCC1.O=C(O)O.[CH3-].[Co]. The molecule has 2 aromatic carbocycles. The summed E-state index contributed by atoms with van der Waals surface area (Å²) in [6, 6.07) is 8.91. The predicted molar refractivity (Wildman–Crippen MR) is 293 cm³/mol. The van der Waals surface area contributed by atoms with Crippen molar-refractivity contribution in [1.82, 2.24) is 19.6 Å². The second-order valence-corrected chi connectivity index (χ2v) is 23.1. The van der Waals surface area contributed by atoms with Crippen molar-refractivity contribution in [3.63, 3.8) is 0 Å². The molecule has 0 bridgehead atoms. The van der Waals surface area contributed by atoms with Crippen molar-refractivity contribution in [3.05, 3.63) is 65.1 Å². The summed E-state index contributed by atoms with van der Waals surface area (Å²) >= 11 is 0. The van der Waals surface area contributed by atoms with E-state index in [0.717, 1.165) is 86.7 Å². The van der Waals surface area contributed by atoms with Crippen LogP contribution in [0.3, 0.4) is 0 Å². The molecule has 2 saturated heterocycles. The van der Waals surface area contributed by atoms with Crippen LogP contribution in [-0.2, 0) is 40.5 Å². The van der Waals surface area contributed by atoms with Crippen LogP contribution in [-0.4, -0.2) is 171 Å². The van der Waals surface area contributed by atoms with Crippen LogP contribution in [0.25, 0.3) is 0 Å². The van der Waals surface area contributed by atoms with Crippen molar-refractivity contribution in [3.8, 4) is 11.5 Å². The van der Waals surface area contributed by atoms with Crippen molar-refractivity contribution >= 4 is 30.5 Å². The van der Waals surface area contributed by atoms with Gasteiger partial charge in [-0.15, -0.1) is 0 Å². The number of aromatic hydroxyl groups is 2. The summed E-state index contributed by atoms with van der Waals surface area (Å²) in [4.78, 5) is 29.4. The zero-order valence-electron chi connectivity index (χ0n) is 46.0. The molecule has 0 spiro atoms. The Labute approximate surface area is 445 Å². The minimum Gasteiger partial charge on any atom is -0.507 e. The van der Waals surface area contributed by atoms with Gasteiger partial charge in [0, 0.05) is 77.1 Å². The van der Waals surface area contributed by atoms with E-state index in [4.69, 9.17) is 25.0 Å². The first-order valence-corrected chi connectivity index (χ1v) is 27.3. The van der Waals surface area contributed by atoms with Gasteiger partial charge in [0.2, 0.25) is 0 Å². The number of carboxylic acid groups (broad SMARTS) is 2. The molecule has 72 heavy (non-hydrogen) atoms. The first-order valence-electron chi connectivity index (χ1n) is 27.3. The van der Waals surface area contributed by atoms with Crippen molar-refractivity contribution in [2.45, 2.75) is 180 Å². The standard InChI is InChI=1S/C56H88N8O2.CH2O3.CH3.Co/c1-55(2,3)47-39-43(23-13-9-11-17-29-61-33-21-35-63-31-19-27-59(7)53(61)63)37-45(51(47)65)41-57-49-25-15-16-26-50(49)58-42-46-38-44(40-48(52(46)66)56(4,5)6)24-14-10-12-18-30-62-34-22-36-64-32-20-28-60(8)54(62)64;2-1(3)4;;/h37-42,49-50H,9-36H2,1-8H3;(H2,2,3,4);1H3;/q;;-1;/p+2. The molecule has 0 amide bonds. The summed E-state index contributed by atoms with van der Waals surface area (Å²) < 4.78 is 4.94. The van der Waals surface area contributed by atoms with Gasteiger partial charge in [-0.3, -0.25) is 38.7 Å². The van der Waals surface area contributed by atoms with Gasteiger partial charge in [0.1, 0.15) is 11.5 Å². The second kappa shape index (κ2) is 28.4. The van der Waals surface area contributed by atoms with Crippen LogP contribution in [0.5, 0.6) is 11.5 Å². The molecule has 13 nitrogen and oxygen atoms in total. The van der Waals surface area contributed by atoms with E-state index in [1.54, 1.807) is 0 Å². The van der Waals surface area contributed by atoms with E-state index in [-0.39, 0.29) is 47.1 Å². The van der Waals surface area contributed by atoms with E-state index < -0.39 is 6.16 Å². The first-order chi connectivity index (χ1) is 33.4. The summed E-state index contributed by atoms with van der Waals surface area (Å²) in [5.41, 5.74) is 5.83. The molecule has 4 heterocycles. The Bertz CT molecular complexity index is 2030. The Balaban J connectivity index is 0.00000181. The number of hydrogen-bond donors (Lipinski definition) is 4. The number of unbranched alkanes of at least 4 members (excludes halogenated alkanes) is 6. The Morgan fingerprint density at radius 2 is 0.944 bits per heavy atom. The van der Waals surface area contributed by atoms with Gasteiger partial charge in [0.25, 0.3) is 0 Å². The molecule has 2 aromatic rings. The van der Waals surface area contributed by atoms with E-state index >= 15 is 0 Å². The molecule has 7 rings (SSSR count). The Kier molecular flexibility index (Phi) is 23.8. The minimum absolute atomic E-state index is 0. The zero-order valence-corrected chi connectivity index (χ0v) is 47.1. The predicted octanol–water partition coefficient (Wildman–Crippen LogP) is 10.2. The molecule has 14 heteroatoms. The van der Waals surface area contributed by atoms with E-state index in [2.05, 4.69) is 109 Å². The third-order valence-electron chi connectivity index (χ3n) is 15.2. The first kappa shape index (κ1) is 60.3. The largest absolute Gasteiger partial charge is 0.507 e. The number of benzene rings is 2. The van der Waals surface area contributed by atoms with Gasteiger partial charge in [-0.2, -0.15) is 0 Å². The number of carbonyl (C=O) groups is 1. The summed E-state index contributed by atoms with van der Waals surface area (Å²) in [6.07, 6.45) is 23.0. The molecule has 405 valence electrons. The monoisotopic (exact) mass is 1040 g/mol. The van der Waals surface area contributed by atoms with E-state index in [1.165, 1.54) is 140 Å². The van der Waals surface area contributed by atoms with Crippen molar-refractivity contribution in [1.29, 1.82) is 0 Å². The summed E-state index contributed by atoms with van der Waals surface area (Å²) in [7, 11) is 4.53. The maximum absolute atomic E-state index is 11.6. The molecule has 1 radical (unpaired) electrons. The van der Waals surface area contributed by atoms with Crippen LogP contribution in [0, 0.1) is 7.43 Å². The molecular weight excluding hydrogens is 948 g/mol. The van der Waals surface area contributed by atoms with Gasteiger partial charge >= 0.3 is 18.1 Å². The number of rotatable bonds is 18. The number of phenolic OH excluding ortho intramolecular Hbond substituents is 2. The Morgan fingerprint density at radius 1 is 0.583 bits per heavy atom. The number of fused-ring (bicyclic) bond motifs is 2. The molecule has 5 aliphatic rings. The number of phenols is 2. The van der Waals surface area contributed by atoms with Gasteiger partial charge in [-0.25, -0.2) is 4.79 Å². The molecule has 0 aromatic heterocycles. The molecule has 2 unspecified atom stereocenters. The molecule has 3 fully saturated rings. The summed E-state index contributed by atoms with van der Waals surface area (Å²) in [5, 5.41) is 37.2. The fourth-order valence-corrected chi connectivity index (χ4v) is 11.5.